The lowest BCUT2D eigenvalue weighted by Crippen LogP contribution is -2.53. The standard InChI is InChI=1S/C29H32Cl3N3O4S/c1-4-14-33-29(37)27(16-21-8-6-5-7-9-21)34(18-22-10-11-24(31)17-25(22)32)28(36)19-35(40(3,38)39)26-13-12-23(30)15-20(26)2/h5-13,15,17,27H,4,14,16,18-19H2,1-3H3,(H,33,37). The Hall–Kier alpha value is -2.78. The first-order chi connectivity index (χ1) is 18.9. The van der Waals surface area contributed by atoms with Crippen molar-refractivity contribution < 1.29 is 18.0 Å². The lowest BCUT2D eigenvalue weighted by atomic mass is 10.0. The molecule has 1 N–H and O–H groups in total. The molecule has 3 aromatic rings. The number of carbonyl (C=O) groups excluding carboxylic acids is 2. The van der Waals surface area contributed by atoms with Gasteiger partial charge in [0, 0.05) is 34.6 Å². The number of rotatable bonds is 12. The van der Waals surface area contributed by atoms with Crippen LogP contribution in [-0.2, 0) is 32.6 Å². The maximum absolute atomic E-state index is 14.1. The minimum atomic E-state index is -3.89. The van der Waals surface area contributed by atoms with Crippen molar-refractivity contribution in [3.05, 3.63) is 98.5 Å². The lowest BCUT2D eigenvalue weighted by Gasteiger charge is -2.34. The van der Waals surface area contributed by atoms with E-state index >= 15 is 0 Å². The number of hydrogen-bond acceptors (Lipinski definition) is 4. The van der Waals surface area contributed by atoms with Crippen LogP contribution in [-0.4, -0.2) is 50.5 Å². The molecule has 0 aliphatic carbocycles. The van der Waals surface area contributed by atoms with Gasteiger partial charge in [0.1, 0.15) is 12.6 Å². The molecular weight excluding hydrogens is 593 g/mol. The van der Waals surface area contributed by atoms with Crippen LogP contribution < -0.4 is 9.62 Å². The highest BCUT2D eigenvalue weighted by Gasteiger charge is 2.33. The molecule has 0 saturated heterocycles. The van der Waals surface area contributed by atoms with Crippen LogP contribution >= 0.6 is 34.8 Å². The zero-order valence-corrected chi connectivity index (χ0v) is 25.6. The van der Waals surface area contributed by atoms with Crippen LogP contribution in [0.3, 0.4) is 0 Å². The van der Waals surface area contributed by atoms with E-state index in [0.29, 0.717) is 44.8 Å². The molecule has 0 spiro atoms. The minimum Gasteiger partial charge on any atom is -0.354 e. The van der Waals surface area contributed by atoms with Gasteiger partial charge in [-0.3, -0.25) is 13.9 Å². The zero-order chi connectivity index (χ0) is 29.4. The van der Waals surface area contributed by atoms with Crippen molar-refractivity contribution in [3.8, 4) is 0 Å². The van der Waals surface area contributed by atoms with E-state index in [-0.39, 0.29) is 18.9 Å². The summed E-state index contributed by atoms with van der Waals surface area (Å²) in [5.74, 6) is -0.920. The number of amides is 2. The van der Waals surface area contributed by atoms with Gasteiger partial charge >= 0.3 is 0 Å². The Labute approximate surface area is 251 Å². The molecule has 1 atom stereocenters. The van der Waals surface area contributed by atoms with Crippen LogP contribution in [0.25, 0.3) is 0 Å². The molecule has 2 amide bonds. The molecule has 0 fully saturated rings. The first-order valence-corrected chi connectivity index (χ1v) is 15.7. The lowest BCUT2D eigenvalue weighted by molar-refractivity contribution is -0.140. The summed E-state index contributed by atoms with van der Waals surface area (Å²) in [6, 6.07) is 18.0. The van der Waals surface area contributed by atoms with Gasteiger partial charge in [-0.25, -0.2) is 8.42 Å². The molecule has 7 nitrogen and oxygen atoms in total. The molecular formula is C29H32Cl3N3O4S. The van der Waals surface area contributed by atoms with E-state index in [0.717, 1.165) is 16.1 Å². The maximum Gasteiger partial charge on any atom is 0.244 e. The van der Waals surface area contributed by atoms with Crippen molar-refractivity contribution in [2.75, 3.05) is 23.7 Å². The van der Waals surface area contributed by atoms with Crippen molar-refractivity contribution >= 4 is 62.3 Å². The Morgan fingerprint density at radius 1 is 0.950 bits per heavy atom. The normalized spacial score (nSPS) is 12.1. The molecule has 1 unspecified atom stereocenters. The Morgan fingerprint density at radius 2 is 1.60 bits per heavy atom. The van der Waals surface area contributed by atoms with E-state index in [1.54, 1.807) is 43.3 Å². The smallest absolute Gasteiger partial charge is 0.244 e. The van der Waals surface area contributed by atoms with Gasteiger partial charge in [-0.05, 0) is 60.4 Å². The molecule has 0 heterocycles. The van der Waals surface area contributed by atoms with Gasteiger partial charge in [0.15, 0.2) is 0 Å². The monoisotopic (exact) mass is 623 g/mol. The number of carbonyl (C=O) groups is 2. The average Bonchev–Trinajstić information content (AvgIpc) is 2.89. The van der Waals surface area contributed by atoms with Crippen LogP contribution in [0.15, 0.2) is 66.7 Å². The number of nitrogens with one attached hydrogen (secondary N) is 1. The van der Waals surface area contributed by atoms with E-state index in [9.17, 15) is 18.0 Å². The quantitative estimate of drug-likeness (QED) is 0.272. The highest BCUT2D eigenvalue weighted by Crippen LogP contribution is 2.27. The summed E-state index contributed by atoms with van der Waals surface area (Å²) in [5.41, 5.74) is 2.31. The fraction of sp³-hybridized carbons (Fsp3) is 0.310. The average molecular weight is 625 g/mol. The number of halogens is 3. The zero-order valence-electron chi connectivity index (χ0n) is 22.5. The van der Waals surface area contributed by atoms with E-state index in [4.69, 9.17) is 34.8 Å². The molecule has 0 saturated carbocycles. The summed E-state index contributed by atoms with van der Waals surface area (Å²) in [7, 11) is -3.89. The molecule has 0 bridgehead atoms. The van der Waals surface area contributed by atoms with Crippen molar-refractivity contribution in [2.45, 2.75) is 39.3 Å². The Morgan fingerprint density at radius 3 is 2.20 bits per heavy atom. The fourth-order valence-corrected chi connectivity index (χ4v) is 5.85. The topological polar surface area (TPSA) is 86.8 Å². The number of sulfonamides is 1. The van der Waals surface area contributed by atoms with Gasteiger partial charge in [-0.1, -0.05) is 78.1 Å². The highest BCUT2D eigenvalue weighted by atomic mass is 35.5. The summed E-state index contributed by atoms with van der Waals surface area (Å²) < 4.78 is 26.9. The molecule has 3 rings (SSSR count). The Bertz CT molecular complexity index is 1450. The van der Waals surface area contributed by atoms with E-state index in [1.807, 2.05) is 37.3 Å². The van der Waals surface area contributed by atoms with Crippen LogP contribution in [0.5, 0.6) is 0 Å². The van der Waals surface area contributed by atoms with Crippen LogP contribution in [0.2, 0.25) is 15.1 Å². The number of nitrogens with zero attached hydrogens (tertiary/aromatic N) is 2. The molecule has 214 valence electrons. The summed E-state index contributed by atoms with van der Waals surface area (Å²) in [6.45, 7) is 3.50. The predicted molar refractivity (Wildman–Crippen MR) is 163 cm³/mol. The summed E-state index contributed by atoms with van der Waals surface area (Å²) in [6.07, 6.45) is 1.95. The Balaban J connectivity index is 2.09. The SMILES string of the molecule is CCCNC(=O)C(Cc1ccccc1)N(Cc1ccc(Cl)cc1Cl)C(=O)CN(c1ccc(Cl)cc1C)S(C)(=O)=O. The number of benzene rings is 3. The summed E-state index contributed by atoms with van der Waals surface area (Å²) in [4.78, 5) is 29.0. The minimum absolute atomic E-state index is 0.0386. The van der Waals surface area contributed by atoms with E-state index in [2.05, 4.69) is 5.32 Å². The van der Waals surface area contributed by atoms with Crippen molar-refractivity contribution in [1.82, 2.24) is 10.2 Å². The molecule has 3 aromatic carbocycles. The molecule has 0 aromatic heterocycles. The number of aryl methyl sites for hydroxylation is 1. The maximum atomic E-state index is 14.1. The predicted octanol–water partition coefficient (Wildman–Crippen LogP) is 5.89. The molecule has 40 heavy (non-hydrogen) atoms. The second kappa shape index (κ2) is 14.2. The van der Waals surface area contributed by atoms with Crippen LogP contribution in [0, 0.1) is 6.92 Å². The highest BCUT2D eigenvalue weighted by molar-refractivity contribution is 7.92. The molecule has 0 aliphatic rings. The molecule has 0 aliphatic heterocycles. The number of anilines is 1. The molecule has 11 heteroatoms. The van der Waals surface area contributed by atoms with Crippen molar-refractivity contribution in [1.29, 1.82) is 0 Å². The van der Waals surface area contributed by atoms with E-state index < -0.39 is 28.5 Å². The van der Waals surface area contributed by atoms with Crippen LogP contribution in [0.4, 0.5) is 5.69 Å². The van der Waals surface area contributed by atoms with Crippen molar-refractivity contribution in [3.63, 3.8) is 0 Å². The molecule has 0 radical (unpaired) electrons. The Kier molecular flexibility index (Phi) is 11.3. The van der Waals surface area contributed by atoms with Gasteiger partial charge in [-0.15, -0.1) is 0 Å². The van der Waals surface area contributed by atoms with Gasteiger partial charge in [0.25, 0.3) is 0 Å². The largest absolute Gasteiger partial charge is 0.354 e. The fourth-order valence-electron chi connectivity index (χ4n) is 4.25. The van der Waals surface area contributed by atoms with Gasteiger partial charge < -0.3 is 10.2 Å². The first kappa shape index (κ1) is 31.7. The first-order valence-electron chi connectivity index (χ1n) is 12.7. The van der Waals surface area contributed by atoms with Crippen molar-refractivity contribution in [2.24, 2.45) is 0 Å². The third kappa shape index (κ3) is 8.61. The third-order valence-corrected chi connectivity index (χ3v) is 8.23. The van der Waals surface area contributed by atoms with Gasteiger partial charge in [0.05, 0.1) is 11.9 Å². The van der Waals surface area contributed by atoms with Gasteiger partial charge in [-0.2, -0.15) is 0 Å². The second-order valence-corrected chi connectivity index (χ2v) is 12.6. The van der Waals surface area contributed by atoms with E-state index in [1.165, 1.54) is 4.90 Å². The summed E-state index contributed by atoms with van der Waals surface area (Å²) in [5, 5.41) is 4.09. The summed E-state index contributed by atoms with van der Waals surface area (Å²) >= 11 is 18.7. The van der Waals surface area contributed by atoms with Crippen LogP contribution in [0.1, 0.15) is 30.0 Å². The number of hydrogen-bond donors (Lipinski definition) is 1. The second-order valence-electron chi connectivity index (χ2n) is 9.45. The van der Waals surface area contributed by atoms with Gasteiger partial charge in [0.2, 0.25) is 21.8 Å². The third-order valence-electron chi connectivity index (χ3n) is 6.28.